The standard InChI is InChI=1S/C18H29N5O3/c1-4-7-9-19-14(24)12-23-17(25)15-16(22(10-6-3)18(23)26)20-13-21(15)11-8-5-2/h13H,4-12H2,1-3H3,(H,19,24). The number of nitrogens with one attached hydrogen (secondary N) is 1. The highest BCUT2D eigenvalue weighted by Crippen LogP contribution is 2.09. The van der Waals surface area contributed by atoms with E-state index >= 15 is 0 Å². The first-order chi connectivity index (χ1) is 12.5. The van der Waals surface area contributed by atoms with E-state index in [4.69, 9.17) is 0 Å². The van der Waals surface area contributed by atoms with Gasteiger partial charge in [0.1, 0.15) is 6.54 Å². The van der Waals surface area contributed by atoms with Gasteiger partial charge in [0.25, 0.3) is 5.56 Å². The van der Waals surface area contributed by atoms with Crippen LogP contribution >= 0.6 is 0 Å². The fourth-order valence-corrected chi connectivity index (χ4v) is 2.91. The first-order valence-corrected chi connectivity index (χ1v) is 9.50. The summed E-state index contributed by atoms with van der Waals surface area (Å²) in [5, 5.41) is 2.76. The van der Waals surface area contributed by atoms with Gasteiger partial charge in [0, 0.05) is 19.6 Å². The number of hydrogen-bond donors (Lipinski definition) is 1. The van der Waals surface area contributed by atoms with Crippen molar-refractivity contribution in [2.45, 2.75) is 72.5 Å². The molecule has 26 heavy (non-hydrogen) atoms. The van der Waals surface area contributed by atoms with Crippen molar-refractivity contribution in [1.29, 1.82) is 0 Å². The van der Waals surface area contributed by atoms with Crippen molar-refractivity contribution in [2.75, 3.05) is 6.54 Å². The summed E-state index contributed by atoms with van der Waals surface area (Å²) in [6, 6.07) is 0. The summed E-state index contributed by atoms with van der Waals surface area (Å²) in [5.41, 5.74) is -0.124. The molecule has 2 rings (SSSR count). The normalized spacial score (nSPS) is 11.2. The zero-order valence-electron chi connectivity index (χ0n) is 16.0. The number of carbonyl (C=O) groups is 1. The van der Waals surface area contributed by atoms with Crippen LogP contribution in [0.4, 0.5) is 0 Å². The van der Waals surface area contributed by atoms with Gasteiger partial charge in [-0.2, -0.15) is 0 Å². The van der Waals surface area contributed by atoms with Gasteiger partial charge in [0.15, 0.2) is 11.2 Å². The zero-order chi connectivity index (χ0) is 19.1. The van der Waals surface area contributed by atoms with E-state index in [0.29, 0.717) is 30.8 Å². The lowest BCUT2D eigenvalue weighted by atomic mass is 10.3. The maximum absolute atomic E-state index is 12.9. The lowest BCUT2D eigenvalue weighted by Gasteiger charge is -2.12. The molecule has 2 heterocycles. The molecule has 8 heteroatoms. The van der Waals surface area contributed by atoms with Crippen LogP contribution in [0.2, 0.25) is 0 Å². The lowest BCUT2D eigenvalue weighted by Crippen LogP contribution is -2.44. The maximum Gasteiger partial charge on any atom is 0.333 e. The molecular weight excluding hydrogens is 334 g/mol. The SMILES string of the molecule is CCCCNC(=O)Cn1c(=O)c2c(ncn2CCCC)n(CCC)c1=O. The van der Waals surface area contributed by atoms with E-state index in [2.05, 4.69) is 17.2 Å². The Morgan fingerprint density at radius 1 is 1.04 bits per heavy atom. The molecule has 0 unspecified atom stereocenters. The Bertz CT molecular complexity index is 862. The van der Waals surface area contributed by atoms with Gasteiger partial charge in [-0.3, -0.25) is 14.2 Å². The van der Waals surface area contributed by atoms with E-state index in [1.54, 1.807) is 10.9 Å². The minimum atomic E-state index is -0.476. The molecule has 0 aliphatic rings. The van der Waals surface area contributed by atoms with Crippen molar-refractivity contribution in [3.63, 3.8) is 0 Å². The monoisotopic (exact) mass is 363 g/mol. The second-order valence-electron chi connectivity index (χ2n) is 6.49. The molecule has 0 fully saturated rings. The molecular formula is C18H29N5O3. The lowest BCUT2D eigenvalue weighted by molar-refractivity contribution is -0.121. The van der Waals surface area contributed by atoms with Gasteiger partial charge in [0.2, 0.25) is 5.91 Å². The number of unbranched alkanes of at least 4 members (excludes halogenated alkanes) is 2. The zero-order valence-corrected chi connectivity index (χ0v) is 16.0. The van der Waals surface area contributed by atoms with Gasteiger partial charge in [-0.05, 0) is 19.3 Å². The van der Waals surface area contributed by atoms with Crippen LogP contribution in [0.5, 0.6) is 0 Å². The predicted octanol–water partition coefficient (Wildman–Crippen LogP) is 1.49. The van der Waals surface area contributed by atoms with E-state index in [-0.39, 0.29) is 12.5 Å². The number of hydrogen-bond acceptors (Lipinski definition) is 4. The third-order valence-electron chi connectivity index (χ3n) is 4.34. The van der Waals surface area contributed by atoms with E-state index < -0.39 is 11.2 Å². The number of fused-ring (bicyclic) bond motifs is 1. The van der Waals surface area contributed by atoms with Crippen molar-refractivity contribution in [1.82, 2.24) is 24.0 Å². The third-order valence-corrected chi connectivity index (χ3v) is 4.34. The molecule has 0 aliphatic heterocycles. The molecule has 0 saturated heterocycles. The number of aromatic nitrogens is 4. The average molecular weight is 363 g/mol. The number of imidazole rings is 1. The number of nitrogens with zero attached hydrogens (tertiary/aromatic N) is 4. The first-order valence-electron chi connectivity index (χ1n) is 9.50. The molecule has 0 aliphatic carbocycles. The van der Waals surface area contributed by atoms with Gasteiger partial charge in [-0.25, -0.2) is 14.3 Å². The summed E-state index contributed by atoms with van der Waals surface area (Å²) in [4.78, 5) is 42.2. The summed E-state index contributed by atoms with van der Waals surface area (Å²) in [7, 11) is 0. The minimum absolute atomic E-state index is 0.264. The van der Waals surface area contributed by atoms with Crippen molar-refractivity contribution in [2.24, 2.45) is 0 Å². The topological polar surface area (TPSA) is 90.9 Å². The van der Waals surface area contributed by atoms with Gasteiger partial charge < -0.3 is 9.88 Å². The predicted molar refractivity (Wildman–Crippen MR) is 101 cm³/mol. The maximum atomic E-state index is 12.9. The number of amides is 1. The van der Waals surface area contributed by atoms with Gasteiger partial charge in [-0.1, -0.05) is 33.6 Å². The number of rotatable bonds is 10. The Morgan fingerprint density at radius 3 is 2.42 bits per heavy atom. The van der Waals surface area contributed by atoms with E-state index in [1.165, 1.54) is 4.57 Å². The second kappa shape index (κ2) is 9.35. The van der Waals surface area contributed by atoms with Crippen molar-refractivity contribution < 1.29 is 4.79 Å². The van der Waals surface area contributed by atoms with Crippen LogP contribution in [0, 0.1) is 0 Å². The molecule has 0 spiro atoms. The Labute approximate surface area is 152 Å². The molecule has 144 valence electrons. The Balaban J connectivity index is 2.49. The van der Waals surface area contributed by atoms with E-state index in [0.717, 1.165) is 36.7 Å². The Hall–Kier alpha value is -2.38. The van der Waals surface area contributed by atoms with Crippen LogP contribution in [0.1, 0.15) is 52.9 Å². The van der Waals surface area contributed by atoms with Gasteiger partial charge in [-0.15, -0.1) is 0 Å². The summed E-state index contributed by atoms with van der Waals surface area (Å²) in [5.74, 6) is -0.320. The molecule has 8 nitrogen and oxygen atoms in total. The quantitative estimate of drug-likeness (QED) is 0.648. The molecule has 2 aromatic rings. The molecule has 0 saturated carbocycles. The van der Waals surface area contributed by atoms with Gasteiger partial charge in [0.05, 0.1) is 6.33 Å². The highest BCUT2D eigenvalue weighted by atomic mass is 16.2. The molecule has 2 aromatic heterocycles. The second-order valence-corrected chi connectivity index (χ2v) is 6.49. The van der Waals surface area contributed by atoms with Crippen LogP contribution in [-0.2, 0) is 24.4 Å². The summed E-state index contributed by atoms with van der Waals surface area (Å²) in [6.07, 6.45) is 6.07. The summed E-state index contributed by atoms with van der Waals surface area (Å²) in [6.45, 7) is 7.47. The highest BCUT2D eigenvalue weighted by Gasteiger charge is 2.19. The average Bonchev–Trinajstić information content (AvgIpc) is 3.04. The van der Waals surface area contributed by atoms with Crippen LogP contribution < -0.4 is 16.6 Å². The molecule has 1 amide bonds. The van der Waals surface area contributed by atoms with Crippen LogP contribution in [0.25, 0.3) is 11.2 Å². The van der Waals surface area contributed by atoms with Crippen LogP contribution in [0.15, 0.2) is 15.9 Å². The minimum Gasteiger partial charge on any atom is -0.355 e. The van der Waals surface area contributed by atoms with E-state index in [9.17, 15) is 14.4 Å². The van der Waals surface area contributed by atoms with Crippen molar-refractivity contribution >= 4 is 17.1 Å². The number of aryl methyl sites for hydroxylation is 2. The van der Waals surface area contributed by atoms with Crippen LogP contribution in [0.3, 0.4) is 0 Å². The van der Waals surface area contributed by atoms with Crippen molar-refractivity contribution in [3.05, 3.63) is 27.2 Å². The molecule has 0 aromatic carbocycles. The third kappa shape index (κ3) is 4.23. The van der Waals surface area contributed by atoms with Gasteiger partial charge >= 0.3 is 5.69 Å². The fourth-order valence-electron chi connectivity index (χ4n) is 2.91. The first kappa shape index (κ1) is 19.9. The largest absolute Gasteiger partial charge is 0.355 e. The molecule has 1 N–H and O–H groups in total. The smallest absolute Gasteiger partial charge is 0.333 e. The molecule has 0 bridgehead atoms. The fraction of sp³-hybridized carbons (Fsp3) is 0.667. The highest BCUT2D eigenvalue weighted by molar-refractivity contribution is 5.76. The summed E-state index contributed by atoms with van der Waals surface area (Å²) >= 11 is 0. The van der Waals surface area contributed by atoms with Crippen molar-refractivity contribution in [3.8, 4) is 0 Å². The molecule has 0 atom stereocenters. The molecule has 0 radical (unpaired) electrons. The Kier molecular flexibility index (Phi) is 7.17. The van der Waals surface area contributed by atoms with E-state index in [1.807, 2.05) is 13.8 Å². The Morgan fingerprint density at radius 2 is 1.77 bits per heavy atom. The summed E-state index contributed by atoms with van der Waals surface area (Å²) < 4.78 is 4.32. The number of carbonyl (C=O) groups excluding carboxylic acids is 1. The van der Waals surface area contributed by atoms with Crippen LogP contribution in [-0.4, -0.2) is 31.1 Å².